The van der Waals surface area contributed by atoms with Crippen molar-refractivity contribution >= 4 is 11.6 Å². The summed E-state index contributed by atoms with van der Waals surface area (Å²) in [6.45, 7) is 3.55. The number of azide groups is 1. The zero-order valence-electron chi connectivity index (χ0n) is 20.3. The predicted octanol–water partition coefficient (Wildman–Crippen LogP) is 3.60. The molecule has 0 saturated heterocycles. The smallest absolute Gasteiger partial charge is 0.179 e. The molecule has 0 aliphatic carbocycles. The van der Waals surface area contributed by atoms with Gasteiger partial charge in [0.25, 0.3) is 0 Å². The van der Waals surface area contributed by atoms with Crippen molar-refractivity contribution < 1.29 is 33.5 Å². The van der Waals surface area contributed by atoms with Gasteiger partial charge in [0.15, 0.2) is 34.5 Å². The van der Waals surface area contributed by atoms with Gasteiger partial charge in [0.05, 0.1) is 54.7 Å². The van der Waals surface area contributed by atoms with E-state index in [9.17, 15) is 0 Å². The maximum absolute atomic E-state index is 8.78. The van der Waals surface area contributed by atoms with E-state index in [1.165, 1.54) is 0 Å². The van der Waals surface area contributed by atoms with E-state index in [1.54, 1.807) is 30.7 Å². The highest BCUT2D eigenvalue weighted by atomic mass is 35.5. The Morgan fingerprint density at radius 3 is 1.53 bits per heavy atom. The molecule has 1 N–H and O–H groups in total. The molecule has 3 aliphatic heterocycles. The van der Waals surface area contributed by atoms with E-state index in [0.29, 0.717) is 85.7 Å². The third-order valence-electron chi connectivity index (χ3n) is 5.05. The van der Waals surface area contributed by atoms with Crippen molar-refractivity contribution in [3.05, 3.63) is 64.3 Å². The van der Waals surface area contributed by atoms with Crippen molar-refractivity contribution in [3.8, 4) is 34.5 Å². The van der Waals surface area contributed by atoms with Gasteiger partial charge in [0, 0.05) is 23.1 Å². The van der Waals surface area contributed by atoms with Crippen LogP contribution in [0.25, 0.3) is 10.4 Å². The van der Waals surface area contributed by atoms with E-state index in [4.69, 9.17) is 50.7 Å². The predicted molar refractivity (Wildman–Crippen MR) is 134 cm³/mol. The average Bonchev–Trinajstić information content (AvgIpc) is 3.00. The summed E-state index contributed by atoms with van der Waals surface area (Å²) in [6, 6.07) is 5.22. The summed E-state index contributed by atoms with van der Waals surface area (Å²) in [4.78, 5) is 14.7. The van der Waals surface area contributed by atoms with Crippen molar-refractivity contribution in [1.82, 2.24) is 15.0 Å². The molecule has 0 bridgehead atoms. The molecular formula is C24H25ClN6O7. The molecule has 0 amide bonds. The SMILES string of the molecule is ClCc1cc2c(cn1)OCCO2.OCc1cc2c(cn1)OCCO2.[N-]=[N+]=NCc1cc2c(cn1)OCCO2. The first-order valence-electron chi connectivity index (χ1n) is 11.6. The number of halogens is 1. The van der Waals surface area contributed by atoms with Crippen molar-refractivity contribution in [3.63, 3.8) is 0 Å². The van der Waals surface area contributed by atoms with E-state index in [1.807, 2.05) is 6.07 Å². The number of hydrogen-bond donors (Lipinski definition) is 1. The lowest BCUT2D eigenvalue weighted by atomic mass is 10.3. The van der Waals surface area contributed by atoms with E-state index >= 15 is 0 Å². The van der Waals surface area contributed by atoms with Gasteiger partial charge in [-0.25, -0.2) is 0 Å². The van der Waals surface area contributed by atoms with Gasteiger partial charge in [-0.15, -0.1) is 11.6 Å². The molecular weight excluding hydrogens is 520 g/mol. The number of rotatable bonds is 4. The van der Waals surface area contributed by atoms with Gasteiger partial charge in [-0.1, -0.05) is 5.11 Å². The Morgan fingerprint density at radius 1 is 0.684 bits per heavy atom. The minimum atomic E-state index is -0.0728. The van der Waals surface area contributed by atoms with Gasteiger partial charge >= 0.3 is 0 Å². The summed E-state index contributed by atoms with van der Waals surface area (Å²) in [5.41, 5.74) is 10.2. The minimum Gasteiger partial charge on any atom is -0.486 e. The molecule has 3 aromatic rings. The second-order valence-corrected chi connectivity index (χ2v) is 7.91. The van der Waals surface area contributed by atoms with Crippen molar-refractivity contribution in [2.75, 3.05) is 39.6 Å². The molecule has 200 valence electrons. The second-order valence-electron chi connectivity index (χ2n) is 7.64. The Labute approximate surface area is 222 Å². The Bertz CT molecular complexity index is 1220. The van der Waals surface area contributed by atoms with Crippen LogP contribution < -0.4 is 28.4 Å². The lowest BCUT2D eigenvalue weighted by molar-refractivity contribution is 0.169. The van der Waals surface area contributed by atoms with Gasteiger partial charge in [-0.2, -0.15) is 0 Å². The molecule has 13 nitrogen and oxygen atoms in total. The first-order valence-corrected chi connectivity index (χ1v) is 12.1. The zero-order valence-corrected chi connectivity index (χ0v) is 21.0. The van der Waals surface area contributed by atoms with Gasteiger partial charge < -0.3 is 33.5 Å². The molecule has 14 heteroatoms. The maximum atomic E-state index is 8.78. The average molecular weight is 545 g/mol. The molecule has 0 fully saturated rings. The third kappa shape index (κ3) is 7.42. The number of hydrogen-bond acceptors (Lipinski definition) is 11. The van der Waals surface area contributed by atoms with Crippen LogP contribution in [0.2, 0.25) is 0 Å². The Kier molecular flexibility index (Phi) is 9.85. The molecule has 38 heavy (non-hydrogen) atoms. The van der Waals surface area contributed by atoms with E-state index in [2.05, 4.69) is 25.0 Å². The van der Waals surface area contributed by atoms with Crippen LogP contribution in [0.1, 0.15) is 17.1 Å². The number of aliphatic hydroxyl groups excluding tert-OH is 1. The number of nitrogens with zero attached hydrogens (tertiary/aromatic N) is 6. The molecule has 0 aromatic carbocycles. The molecule has 6 rings (SSSR count). The fraction of sp³-hybridized carbons (Fsp3) is 0.375. The van der Waals surface area contributed by atoms with Crippen LogP contribution in [0, 0.1) is 0 Å². The normalized spacial score (nSPS) is 13.9. The lowest BCUT2D eigenvalue weighted by Crippen LogP contribution is -2.15. The third-order valence-corrected chi connectivity index (χ3v) is 5.33. The van der Waals surface area contributed by atoms with Crippen molar-refractivity contribution in [1.29, 1.82) is 0 Å². The first-order chi connectivity index (χ1) is 18.7. The Morgan fingerprint density at radius 2 is 1.08 bits per heavy atom. The summed E-state index contributed by atoms with van der Waals surface area (Å²) >= 11 is 5.61. The van der Waals surface area contributed by atoms with Gasteiger partial charge in [-0.3, -0.25) is 15.0 Å². The quantitative estimate of drug-likeness (QED) is 0.222. The standard InChI is InChI=1S/C8H8ClNO2.C8H8N4O2.C8H9NO3/c9-4-6-3-7-8(5-10-6)12-2-1-11-7;9-12-11-4-6-3-7-8(5-10-6)14-2-1-13-7;10-5-6-3-7-8(4-9-6)12-2-1-11-7/h3,5H,1-2,4H2;3,5H,1-2,4H2;3-4,10H,1-2,5H2. The fourth-order valence-electron chi connectivity index (χ4n) is 3.32. The van der Waals surface area contributed by atoms with E-state index < -0.39 is 0 Å². The Hall–Kier alpha value is -4.19. The van der Waals surface area contributed by atoms with E-state index in [0.717, 1.165) is 11.4 Å². The van der Waals surface area contributed by atoms with Crippen LogP contribution in [0.15, 0.2) is 41.9 Å². The van der Waals surface area contributed by atoms with Crippen molar-refractivity contribution in [2.45, 2.75) is 19.0 Å². The monoisotopic (exact) mass is 544 g/mol. The number of alkyl halides is 1. The fourth-order valence-corrected chi connectivity index (χ4v) is 3.46. The molecule has 0 unspecified atom stereocenters. The molecule has 3 aromatic heterocycles. The van der Waals surface area contributed by atoms with Crippen molar-refractivity contribution in [2.24, 2.45) is 5.11 Å². The topological polar surface area (TPSA) is 163 Å². The van der Waals surface area contributed by atoms with Gasteiger partial charge in [0.1, 0.15) is 39.6 Å². The largest absolute Gasteiger partial charge is 0.486 e. The summed E-state index contributed by atoms with van der Waals surface area (Å²) in [6.07, 6.45) is 4.79. The van der Waals surface area contributed by atoms with Crippen LogP contribution >= 0.6 is 11.6 Å². The van der Waals surface area contributed by atoms with Crippen LogP contribution in [0.3, 0.4) is 0 Å². The number of ether oxygens (including phenoxy) is 6. The highest BCUT2D eigenvalue weighted by Gasteiger charge is 2.13. The number of aromatic nitrogens is 3. The van der Waals surface area contributed by atoms with E-state index in [-0.39, 0.29) is 13.2 Å². The lowest BCUT2D eigenvalue weighted by Gasteiger charge is -2.17. The number of fused-ring (bicyclic) bond motifs is 3. The molecule has 6 heterocycles. The zero-order chi connectivity index (χ0) is 26.6. The summed E-state index contributed by atoms with van der Waals surface area (Å²) in [5, 5.41) is 12.2. The number of pyridine rings is 3. The van der Waals surface area contributed by atoms with Crippen LogP contribution in [-0.2, 0) is 19.0 Å². The highest BCUT2D eigenvalue weighted by molar-refractivity contribution is 6.16. The molecule has 0 atom stereocenters. The maximum Gasteiger partial charge on any atom is 0.179 e. The number of aliphatic hydroxyl groups is 1. The van der Waals surface area contributed by atoms with Crippen LogP contribution in [0.4, 0.5) is 0 Å². The summed E-state index contributed by atoms with van der Waals surface area (Å²) in [5.74, 6) is 4.47. The molecule has 0 radical (unpaired) electrons. The van der Waals surface area contributed by atoms with Gasteiger partial charge in [0.2, 0.25) is 0 Å². The minimum absolute atomic E-state index is 0.0728. The van der Waals surface area contributed by atoms with Crippen LogP contribution in [-0.4, -0.2) is 59.7 Å². The second kappa shape index (κ2) is 13.9. The Balaban J connectivity index is 0.000000133. The summed E-state index contributed by atoms with van der Waals surface area (Å²) < 4.78 is 31.8. The highest BCUT2D eigenvalue weighted by Crippen LogP contribution is 2.31. The molecule has 3 aliphatic rings. The molecule has 0 spiro atoms. The molecule has 0 saturated carbocycles. The first kappa shape index (κ1) is 26.9. The van der Waals surface area contributed by atoms with Crippen LogP contribution in [0.5, 0.6) is 34.5 Å². The summed E-state index contributed by atoms with van der Waals surface area (Å²) in [7, 11) is 0. The van der Waals surface area contributed by atoms with Gasteiger partial charge in [-0.05, 0) is 5.53 Å².